The Balaban J connectivity index is 1.77. The molecule has 1 atom stereocenters. The van der Waals surface area contributed by atoms with Gasteiger partial charge in [0.2, 0.25) is 0 Å². The van der Waals surface area contributed by atoms with Gasteiger partial charge in [-0.05, 0) is 48.6 Å². The van der Waals surface area contributed by atoms with Crippen molar-refractivity contribution in [1.29, 1.82) is 0 Å². The number of aliphatic hydroxyl groups is 1. The van der Waals surface area contributed by atoms with Crippen molar-refractivity contribution in [3.63, 3.8) is 0 Å². The number of hydrogen-bond donors (Lipinski definition) is 1. The third kappa shape index (κ3) is 5.75. The van der Waals surface area contributed by atoms with Crippen LogP contribution in [0, 0.1) is 12.8 Å². The first-order valence-corrected chi connectivity index (χ1v) is 13.2. The van der Waals surface area contributed by atoms with E-state index in [0.717, 1.165) is 23.3 Å². The number of benzene rings is 2. The minimum absolute atomic E-state index is 0.0567. The lowest BCUT2D eigenvalue weighted by atomic mass is 9.95. The number of ketones is 2. The topological polar surface area (TPSA) is 96.8 Å². The van der Waals surface area contributed by atoms with Crippen LogP contribution in [0.3, 0.4) is 0 Å². The average Bonchev–Trinajstić information content (AvgIpc) is 3.40. The van der Waals surface area contributed by atoms with Crippen molar-refractivity contribution in [3.05, 3.63) is 93.7 Å². The van der Waals surface area contributed by atoms with Crippen LogP contribution in [0.4, 0.5) is 5.13 Å². The predicted octanol–water partition coefficient (Wildman–Crippen LogP) is 6.26. The van der Waals surface area contributed by atoms with E-state index >= 15 is 0 Å². The molecule has 2 aromatic carbocycles. The molecule has 7 nitrogen and oxygen atoms in total. The fourth-order valence-electron chi connectivity index (χ4n) is 4.19. The molecule has 3 aromatic rings. The SMILES string of the molecule is CC(=O)c1sc(N2C(=O)C(O)=C(C(=O)/C=C/c3ccccc3)C2c2cccc(OCCC(C)C)c2)nc1C. The number of aryl methyl sites for hydroxylation is 1. The molecule has 196 valence electrons. The highest BCUT2D eigenvalue weighted by atomic mass is 32.1. The summed E-state index contributed by atoms with van der Waals surface area (Å²) in [6.45, 7) is 7.87. The van der Waals surface area contributed by atoms with Gasteiger partial charge in [0.1, 0.15) is 5.75 Å². The normalized spacial score (nSPS) is 15.7. The highest BCUT2D eigenvalue weighted by molar-refractivity contribution is 7.17. The van der Waals surface area contributed by atoms with Gasteiger partial charge < -0.3 is 9.84 Å². The number of rotatable bonds is 10. The Bertz CT molecular complexity index is 1420. The van der Waals surface area contributed by atoms with Crippen LogP contribution in [-0.2, 0) is 9.59 Å². The first-order chi connectivity index (χ1) is 18.2. The van der Waals surface area contributed by atoms with Crippen molar-refractivity contribution >= 4 is 40.0 Å². The summed E-state index contributed by atoms with van der Waals surface area (Å²) in [6.07, 6.45) is 3.86. The fraction of sp³-hybridized carbons (Fsp3) is 0.267. The summed E-state index contributed by atoms with van der Waals surface area (Å²) in [4.78, 5) is 45.1. The molecule has 1 unspecified atom stereocenters. The van der Waals surface area contributed by atoms with Gasteiger partial charge in [0.15, 0.2) is 22.5 Å². The van der Waals surface area contributed by atoms with Gasteiger partial charge in [-0.2, -0.15) is 0 Å². The lowest BCUT2D eigenvalue weighted by molar-refractivity contribution is -0.117. The number of anilines is 1. The maximum atomic E-state index is 13.5. The molecule has 1 N–H and O–H groups in total. The highest BCUT2D eigenvalue weighted by Crippen LogP contribution is 2.43. The van der Waals surface area contributed by atoms with E-state index in [1.165, 1.54) is 17.9 Å². The summed E-state index contributed by atoms with van der Waals surface area (Å²) in [5.74, 6) is -0.992. The number of Topliss-reactive ketones (excluding diaryl/α,β-unsaturated/α-hetero) is 1. The molecule has 0 saturated heterocycles. The van der Waals surface area contributed by atoms with E-state index in [-0.39, 0.29) is 16.5 Å². The van der Waals surface area contributed by atoms with E-state index in [1.54, 1.807) is 31.2 Å². The van der Waals surface area contributed by atoms with E-state index in [1.807, 2.05) is 36.4 Å². The molecular formula is C30H30N2O5S. The third-order valence-corrected chi connectivity index (χ3v) is 7.41. The minimum Gasteiger partial charge on any atom is -0.503 e. The van der Waals surface area contributed by atoms with Crippen LogP contribution in [0.25, 0.3) is 6.08 Å². The number of amides is 1. The Labute approximate surface area is 226 Å². The predicted molar refractivity (Wildman–Crippen MR) is 149 cm³/mol. The van der Waals surface area contributed by atoms with Gasteiger partial charge in [0.05, 0.1) is 28.8 Å². The Morgan fingerprint density at radius 3 is 2.55 bits per heavy atom. The van der Waals surface area contributed by atoms with Crippen molar-refractivity contribution in [2.45, 2.75) is 40.2 Å². The molecule has 38 heavy (non-hydrogen) atoms. The summed E-state index contributed by atoms with van der Waals surface area (Å²) in [5.41, 5.74) is 1.82. The monoisotopic (exact) mass is 530 g/mol. The highest BCUT2D eigenvalue weighted by Gasteiger charge is 2.45. The number of ether oxygens (including phenoxy) is 1. The molecule has 1 aliphatic heterocycles. The summed E-state index contributed by atoms with van der Waals surface area (Å²) in [7, 11) is 0. The van der Waals surface area contributed by atoms with Crippen LogP contribution in [0.15, 0.2) is 72.0 Å². The lowest BCUT2D eigenvalue weighted by Gasteiger charge is -2.24. The van der Waals surface area contributed by atoms with Gasteiger partial charge in [-0.3, -0.25) is 19.3 Å². The molecule has 8 heteroatoms. The first-order valence-electron chi connectivity index (χ1n) is 12.4. The van der Waals surface area contributed by atoms with E-state index in [9.17, 15) is 19.5 Å². The molecule has 1 aromatic heterocycles. The summed E-state index contributed by atoms with van der Waals surface area (Å²) < 4.78 is 5.93. The maximum Gasteiger partial charge on any atom is 0.296 e. The van der Waals surface area contributed by atoms with Crippen LogP contribution >= 0.6 is 11.3 Å². The molecule has 1 amide bonds. The second kappa shape index (κ2) is 11.6. The summed E-state index contributed by atoms with van der Waals surface area (Å²) in [6, 6.07) is 15.5. The van der Waals surface area contributed by atoms with Crippen LogP contribution < -0.4 is 9.64 Å². The first kappa shape index (κ1) is 27.0. The van der Waals surface area contributed by atoms with Crippen LogP contribution in [0.1, 0.15) is 59.7 Å². The number of nitrogens with zero attached hydrogens (tertiary/aromatic N) is 2. The fourth-order valence-corrected chi connectivity index (χ4v) is 5.18. The summed E-state index contributed by atoms with van der Waals surface area (Å²) >= 11 is 1.06. The van der Waals surface area contributed by atoms with Crippen molar-refractivity contribution < 1.29 is 24.2 Å². The second-order valence-corrected chi connectivity index (χ2v) is 10.5. The smallest absolute Gasteiger partial charge is 0.296 e. The number of carbonyl (C=O) groups is 3. The lowest BCUT2D eigenvalue weighted by Crippen LogP contribution is -2.30. The molecule has 0 spiro atoms. The Hall–Kier alpha value is -4.04. The van der Waals surface area contributed by atoms with Gasteiger partial charge in [0, 0.05) is 6.92 Å². The van der Waals surface area contributed by atoms with E-state index in [2.05, 4.69) is 18.8 Å². The van der Waals surface area contributed by atoms with Gasteiger partial charge >= 0.3 is 0 Å². The number of thiazole rings is 1. The standard InChI is InChI=1S/C30H30N2O5S/c1-18(2)15-16-37-23-12-8-11-22(17-23)26-25(24(34)14-13-21-9-6-5-7-10-21)27(35)29(36)32(26)30-31-19(3)28(38-30)20(4)33/h5-14,17-18,26,35H,15-16H2,1-4H3/b14-13+. The number of hydrogen-bond acceptors (Lipinski definition) is 7. The number of aliphatic hydroxyl groups excluding tert-OH is 1. The Kier molecular flexibility index (Phi) is 8.22. The van der Waals surface area contributed by atoms with E-state index in [0.29, 0.717) is 34.4 Å². The molecule has 0 bridgehead atoms. The van der Waals surface area contributed by atoms with Crippen LogP contribution in [-0.4, -0.2) is 34.2 Å². The molecule has 0 saturated carbocycles. The van der Waals surface area contributed by atoms with Crippen molar-refractivity contribution in [1.82, 2.24) is 4.98 Å². The minimum atomic E-state index is -0.950. The quantitative estimate of drug-likeness (QED) is 0.245. The van der Waals surface area contributed by atoms with Gasteiger partial charge in [-0.25, -0.2) is 4.98 Å². The van der Waals surface area contributed by atoms with Gasteiger partial charge in [-0.15, -0.1) is 0 Å². The number of carbonyl (C=O) groups excluding carboxylic acids is 3. The molecule has 2 heterocycles. The zero-order chi connectivity index (χ0) is 27.4. The number of allylic oxidation sites excluding steroid dienone is 1. The molecule has 0 radical (unpaired) electrons. The molecule has 4 rings (SSSR count). The summed E-state index contributed by atoms with van der Waals surface area (Å²) in [5, 5.41) is 11.2. The van der Waals surface area contributed by atoms with Gasteiger partial charge in [0.25, 0.3) is 5.91 Å². The van der Waals surface area contributed by atoms with E-state index < -0.39 is 23.5 Å². The molecular weight excluding hydrogens is 500 g/mol. The second-order valence-electron chi connectivity index (χ2n) is 9.52. The average molecular weight is 531 g/mol. The zero-order valence-electron chi connectivity index (χ0n) is 21.8. The Morgan fingerprint density at radius 1 is 1.16 bits per heavy atom. The van der Waals surface area contributed by atoms with Crippen LogP contribution in [0.5, 0.6) is 5.75 Å². The largest absolute Gasteiger partial charge is 0.503 e. The van der Waals surface area contributed by atoms with Gasteiger partial charge in [-0.1, -0.05) is 73.7 Å². The zero-order valence-corrected chi connectivity index (χ0v) is 22.6. The molecule has 0 fully saturated rings. The maximum absolute atomic E-state index is 13.5. The number of aromatic nitrogens is 1. The van der Waals surface area contributed by atoms with E-state index in [4.69, 9.17) is 4.74 Å². The van der Waals surface area contributed by atoms with Crippen molar-refractivity contribution in [2.24, 2.45) is 5.92 Å². The third-order valence-electron chi connectivity index (χ3n) is 6.15. The molecule has 1 aliphatic rings. The molecule has 0 aliphatic carbocycles. The van der Waals surface area contributed by atoms with Crippen LogP contribution in [0.2, 0.25) is 0 Å². The Morgan fingerprint density at radius 2 is 1.89 bits per heavy atom. The van der Waals surface area contributed by atoms with Crippen molar-refractivity contribution in [3.8, 4) is 5.75 Å². The van der Waals surface area contributed by atoms with Crippen molar-refractivity contribution in [2.75, 3.05) is 11.5 Å².